The summed E-state index contributed by atoms with van der Waals surface area (Å²) in [5.41, 5.74) is -0.838. The smallest absolute Gasteiger partial charge is 0.343 e. The molecule has 1 aliphatic carbocycles. The number of esters is 1. The van der Waals surface area contributed by atoms with Gasteiger partial charge in [-0.25, -0.2) is 4.79 Å². The SMILES string of the molecule is C[N+]1(C)CCC(OC(=O)C(O)(c2ccccc2)C2CCCCC2)C1.[Br-]. The molecule has 1 saturated carbocycles. The van der Waals surface area contributed by atoms with Crippen molar-refractivity contribution in [3.05, 3.63) is 35.9 Å². The molecule has 0 aromatic heterocycles. The largest absolute Gasteiger partial charge is 1.00 e. The summed E-state index contributed by atoms with van der Waals surface area (Å²) in [6.07, 6.45) is 5.87. The summed E-state index contributed by atoms with van der Waals surface area (Å²) >= 11 is 0. The molecule has 0 spiro atoms. The average Bonchev–Trinajstić information content (AvgIpc) is 2.94. The van der Waals surface area contributed by atoms with Crippen molar-refractivity contribution in [3.63, 3.8) is 0 Å². The van der Waals surface area contributed by atoms with Gasteiger partial charge in [-0.05, 0) is 18.4 Å². The van der Waals surface area contributed by atoms with Crippen molar-refractivity contribution in [2.75, 3.05) is 27.2 Å². The maximum absolute atomic E-state index is 13.1. The molecule has 2 unspecified atom stereocenters. The van der Waals surface area contributed by atoms with E-state index in [-0.39, 0.29) is 29.0 Å². The van der Waals surface area contributed by atoms with Crippen molar-refractivity contribution in [1.82, 2.24) is 0 Å². The van der Waals surface area contributed by atoms with Gasteiger partial charge in [-0.3, -0.25) is 0 Å². The Morgan fingerprint density at radius 3 is 2.32 bits per heavy atom. The Balaban J connectivity index is 0.00000225. The lowest BCUT2D eigenvalue weighted by Crippen LogP contribution is -3.00. The van der Waals surface area contributed by atoms with Crippen molar-refractivity contribution in [1.29, 1.82) is 0 Å². The quantitative estimate of drug-likeness (QED) is 0.553. The highest BCUT2D eigenvalue weighted by molar-refractivity contribution is 5.81. The summed E-state index contributed by atoms with van der Waals surface area (Å²) < 4.78 is 6.68. The van der Waals surface area contributed by atoms with Crippen LogP contribution in [0.25, 0.3) is 0 Å². The number of ether oxygens (including phenoxy) is 1. The number of hydrogen-bond acceptors (Lipinski definition) is 3. The Labute approximate surface area is 161 Å². The van der Waals surface area contributed by atoms with Crippen LogP contribution in [0.2, 0.25) is 0 Å². The monoisotopic (exact) mass is 411 g/mol. The van der Waals surface area contributed by atoms with E-state index >= 15 is 0 Å². The zero-order valence-corrected chi connectivity index (χ0v) is 16.9. The van der Waals surface area contributed by atoms with Crippen LogP contribution in [0.3, 0.4) is 0 Å². The molecule has 2 atom stereocenters. The number of likely N-dealkylation sites (tertiary alicyclic amines) is 1. The maximum atomic E-state index is 13.1. The van der Waals surface area contributed by atoms with Crippen LogP contribution in [0.5, 0.6) is 0 Å². The minimum Gasteiger partial charge on any atom is -1.00 e. The number of aliphatic hydroxyl groups is 1. The average molecular weight is 412 g/mol. The van der Waals surface area contributed by atoms with Crippen LogP contribution in [0.1, 0.15) is 44.1 Å². The van der Waals surface area contributed by atoms with Crippen molar-refractivity contribution >= 4 is 5.97 Å². The van der Waals surface area contributed by atoms with Gasteiger partial charge in [0, 0.05) is 12.3 Å². The number of carbonyl (C=O) groups is 1. The molecular formula is C20H30BrNO3. The van der Waals surface area contributed by atoms with Crippen LogP contribution in [0, 0.1) is 5.92 Å². The predicted octanol–water partition coefficient (Wildman–Crippen LogP) is -0.150. The summed E-state index contributed by atoms with van der Waals surface area (Å²) in [5, 5.41) is 11.5. The van der Waals surface area contributed by atoms with Crippen LogP contribution in [-0.4, -0.2) is 48.8 Å². The number of rotatable bonds is 4. The van der Waals surface area contributed by atoms with E-state index in [2.05, 4.69) is 14.1 Å². The second-order valence-corrected chi connectivity index (χ2v) is 8.13. The molecule has 5 heteroatoms. The Morgan fingerprint density at radius 2 is 1.76 bits per heavy atom. The number of carbonyl (C=O) groups excluding carboxylic acids is 1. The molecule has 0 bridgehead atoms. The zero-order valence-electron chi connectivity index (χ0n) is 15.3. The fourth-order valence-electron chi connectivity index (χ4n) is 4.30. The minimum atomic E-state index is -1.51. The molecule has 2 aliphatic rings. The van der Waals surface area contributed by atoms with Crippen LogP contribution >= 0.6 is 0 Å². The van der Waals surface area contributed by atoms with Gasteiger partial charge in [0.25, 0.3) is 0 Å². The number of halogens is 1. The summed E-state index contributed by atoms with van der Waals surface area (Å²) in [5.74, 6) is -0.502. The second-order valence-electron chi connectivity index (χ2n) is 8.13. The fourth-order valence-corrected chi connectivity index (χ4v) is 4.30. The first kappa shape index (κ1) is 20.4. The highest BCUT2D eigenvalue weighted by atomic mass is 79.9. The Bertz CT molecular complexity index is 572. The molecule has 1 aromatic rings. The number of benzene rings is 1. The van der Waals surface area contributed by atoms with Gasteiger partial charge in [0.15, 0.2) is 11.7 Å². The lowest BCUT2D eigenvalue weighted by atomic mass is 9.73. The molecule has 1 heterocycles. The van der Waals surface area contributed by atoms with Gasteiger partial charge in [-0.1, -0.05) is 49.6 Å². The lowest BCUT2D eigenvalue weighted by Gasteiger charge is -2.37. The standard InChI is InChI=1S/C20H30NO3.BrH/c1-21(2)14-13-18(15-21)24-19(22)20(23,16-9-5-3-6-10-16)17-11-7-4-8-12-17;/h3,5-6,9-10,17-18,23H,4,7-8,11-15H2,1-2H3;1H/q+1;/p-1. The van der Waals surface area contributed by atoms with Crippen LogP contribution < -0.4 is 17.0 Å². The summed E-state index contributed by atoms with van der Waals surface area (Å²) in [4.78, 5) is 13.1. The van der Waals surface area contributed by atoms with Crippen LogP contribution in [-0.2, 0) is 15.1 Å². The molecule has 3 rings (SSSR count). The van der Waals surface area contributed by atoms with E-state index in [1.54, 1.807) is 0 Å². The predicted molar refractivity (Wildman–Crippen MR) is 93.3 cm³/mol. The molecule has 1 aromatic carbocycles. The van der Waals surface area contributed by atoms with Crippen LogP contribution in [0.15, 0.2) is 30.3 Å². The van der Waals surface area contributed by atoms with E-state index in [1.165, 1.54) is 6.42 Å². The summed E-state index contributed by atoms with van der Waals surface area (Å²) in [6, 6.07) is 9.38. The highest BCUT2D eigenvalue weighted by Gasteiger charge is 2.48. The third kappa shape index (κ3) is 4.44. The number of quaternary nitrogens is 1. The molecule has 1 N–H and O–H groups in total. The molecular weight excluding hydrogens is 382 g/mol. The van der Waals surface area contributed by atoms with Gasteiger partial charge in [0.2, 0.25) is 0 Å². The van der Waals surface area contributed by atoms with Gasteiger partial charge >= 0.3 is 5.97 Å². The summed E-state index contributed by atoms with van der Waals surface area (Å²) in [6.45, 7) is 1.83. The molecule has 1 saturated heterocycles. The normalized spacial score (nSPS) is 25.6. The molecule has 25 heavy (non-hydrogen) atoms. The van der Waals surface area contributed by atoms with E-state index in [0.29, 0.717) is 5.56 Å². The van der Waals surface area contributed by atoms with Crippen molar-refractivity contribution < 1.29 is 36.1 Å². The third-order valence-corrected chi connectivity index (χ3v) is 5.75. The number of hydrogen-bond donors (Lipinski definition) is 1. The Hall–Kier alpha value is -0.910. The van der Waals surface area contributed by atoms with Gasteiger partial charge in [-0.15, -0.1) is 0 Å². The second kappa shape index (κ2) is 8.19. The van der Waals surface area contributed by atoms with E-state index in [1.807, 2.05) is 30.3 Å². The topological polar surface area (TPSA) is 46.5 Å². The molecule has 0 radical (unpaired) electrons. The number of nitrogens with zero attached hydrogens (tertiary/aromatic N) is 1. The summed E-state index contributed by atoms with van der Waals surface area (Å²) in [7, 11) is 4.30. The first-order valence-electron chi connectivity index (χ1n) is 9.23. The highest BCUT2D eigenvalue weighted by Crippen LogP contribution is 2.40. The van der Waals surface area contributed by atoms with E-state index in [0.717, 1.165) is 49.7 Å². The van der Waals surface area contributed by atoms with Gasteiger partial charge in [0.1, 0.15) is 6.54 Å². The van der Waals surface area contributed by atoms with Crippen molar-refractivity contribution in [2.24, 2.45) is 5.92 Å². The molecule has 0 amide bonds. The third-order valence-electron chi connectivity index (χ3n) is 5.75. The van der Waals surface area contributed by atoms with Crippen LogP contribution in [0.4, 0.5) is 0 Å². The molecule has 1 aliphatic heterocycles. The van der Waals surface area contributed by atoms with Crippen molar-refractivity contribution in [3.8, 4) is 0 Å². The Morgan fingerprint density at radius 1 is 1.12 bits per heavy atom. The fraction of sp³-hybridized carbons (Fsp3) is 0.650. The first-order chi connectivity index (χ1) is 11.4. The molecule has 4 nitrogen and oxygen atoms in total. The van der Waals surface area contributed by atoms with Gasteiger partial charge in [-0.2, -0.15) is 0 Å². The van der Waals surface area contributed by atoms with Gasteiger partial charge in [0.05, 0.1) is 20.6 Å². The van der Waals surface area contributed by atoms with E-state index in [4.69, 9.17) is 4.74 Å². The Kier molecular flexibility index (Phi) is 6.68. The first-order valence-corrected chi connectivity index (χ1v) is 9.23. The number of likely N-dealkylation sites (N-methyl/N-ethyl adjacent to an activating group) is 1. The maximum Gasteiger partial charge on any atom is 0.343 e. The van der Waals surface area contributed by atoms with E-state index < -0.39 is 11.6 Å². The van der Waals surface area contributed by atoms with Crippen molar-refractivity contribution in [2.45, 2.75) is 50.2 Å². The van der Waals surface area contributed by atoms with E-state index in [9.17, 15) is 9.90 Å². The lowest BCUT2D eigenvalue weighted by molar-refractivity contribution is -0.879. The minimum absolute atomic E-state index is 0. The molecule has 2 fully saturated rings. The van der Waals surface area contributed by atoms with Gasteiger partial charge < -0.3 is 31.3 Å². The molecule has 140 valence electrons. The zero-order chi connectivity index (χ0) is 17.2.